The molecule has 7 nitrogen and oxygen atoms in total. The third-order valence-corrected chi connectivity index (χ3v) is 7.00. The molecular weight excluding hydrogens is 488 g/mol. The van der Waals surface area contributed by atoms with Gasteiger partial charge in [0, 0.05) is 61.3 Å². The Balaban J connectivity index is 1.49. The minimum absolute atomic E-state index is 0.0406. The smallest absolute Gasteiger partial charge is 0.254 e. The number of carbonyl (C=O) groups is 2. The fourth-order valence-corrected chi connectivity index (χ4v) is 4.69. The minimum atomic E-state index is -0.117. The van der Waals surface area contributed by atoms with Crippen molar-refractivity contribution in [3.8, 4) is 16.9 Å². The molecule has 1 N–H and O–H groups in total. The molecule has 1 saturated heterocycles. The Morgan fingerprint density at radius 2 is 1.62 bits per heavy atom. The summed E-state index contributed by atoms with van der Waals surface area (Å²) >= 11 is 0. The van der Waals surface area contributed by atoms with Crippen molar-refractivity contribution < 1.29 is 14.3 Å². The van der Waals surface area contributed by atoms with Crippen LogP contribution in [0.4, 0.5) is 5.69 Å². The number of pyridine rings is 1. The number of hydrogen-bond acceptors (Lipinski definition) is 5. The summed E-state index contributed by atoms with van der Waals surface area (Å²) < 4.78 is 5.66. The molecule has 2 aromatic carbocycles. The van der Waals surface area contributed by atoms with Crippen LogP contribution in [0.2, 0.25) is 0 Å². The van der Waals surface area contributed by atoms with E-state index < -0.39 is 0 Å². The number of nitrogens with zero attached hydrogens (tertiary/aromatic N) is 3. The molecule has 1 fully saturated rings. The Kier molecular flexibility index (Phi) is 8.90. The third-order valence-electron chi connectivity index (χ3n) is 7.00. The first-order chi connectivity index (χ1) is 18.7. The van der Waals surface area contributed by atoms with E-state index in [0.717, 1.165) is 47.6 Å². The molecule has 39 heavy (non-hydrogen) atoms. The van der Waals surface area contributed by atoms with Crippen LogP contribution >= 0.6 is 0 Å². The minimum Gasteiger partial charge on any atom is -0.492 e. The maximum absolute atomic E-state index is 13.7. The highest BCUT2D eigenvalue weighted by Gasteiger charge is 2.25. The van der Waals surface area contributed by atoms with Gasteiger partial charge in [0.25, 0.3) is 11.8 Å². The molecule has 0 spiro atoms. The van der Waals surface area contributed by atoms with Crippen molar-refractivity contribution >= 4 is 17.5 Å². The van der Waals surface area contributed by atoms with Crippen molar-refractivity contribution in [1.82, 2.24) is 15.2 Å². The SMILES string of the molecule is CCCNC(=O)c1ccc(N2CCN(C(=O)c3cc(-c4cncc(OCC)c4)cc(C(C)(C)C)c3)CC2)cc1. The topological polar surface area (TPSA) is 74.8 Å². The first-order valence-electron chi connectivity index (χ1n) is 13.9. The number of piperazine rings is 1. The quantitative estimate of drug-likeness (QED) is 0.415. The second-order valence-electron chi connectivity index (χ2n) is 11.0. The summed E-state index contributed by atoms with van der Waals surface area (Å²) in [6.45, 7) is 14.4. The van der Waals surface area contributed by atoms with Gasteiger partial charge in [-0.2, -0.15) is 0 Å². The summed E-state index contributed by atoms with van der Waals surface area (Å²) in [5.41, 5.74) is 5.29. The Bertz CT molecular complexity index is 1290. The third kappa shape index (κ3) is 6.96. The van der Waals surface area contributed by atoms with E-state index in [0.29, 0.717) is 37.4 Å². The zero-order valence-corrected chi connectivity index (χ0v) is 23.8. The zero-order valence-electron chi connectivity index (χ0n) is 23.8. The fraction of sp³-hybridized carbons (Fsp3) is 0.406. The highest BCUT2D eigenvalue weighted by Crippen LogP contribution is 2.31. The van der Waals surface area contributed by atoms with Crippen LogP contribution in [0.5, 0.6) is 5.75 Å². The number of ether oxygens (including phenoxy) is 1. The van der Waals surface area contributed by atoms with Crippen molar-refractivity contribution in [2.75, 3.05) is 44.2 Å². The molecule has 7 heteroatoms. The Labute approximate surface area is 232 Å². The maximum atomic E-state index is 13.7. The predicted octanol–water partition coefficient (Wildman–Crippen LogP) is 5.55. The van der Waals surface area contributed by atoms with Crippen molar-refractivity contribution in [1.29, 1.82) is 0 Å². The highest BCUT2D eigenvalue weighted by molar-refractivity contribution is 5.96. The van der Waals surface area contributed by atoms with Gasteiger partial charge >= 0.3 is 0 Å². The van der Waals surface area contributed by atoms with Crippen LogP contribution in [0.1, 0.15) is 67.3 Å². The second kappa shape index (κ2) is 12.3. The molecule has 1 aliphatic heterocycles. The van der Waals surface area contributed by atoms with Gasteiger partial charge in [0.1, 0.15) is 5.75 Å². The first kappa shape index (κ1) is 28.1. The molecule has 2 amide bonds. The molecular formula is C32H40N4O3. The van der Waals surface area contributed by atoms with Gasteiger partial charge in [0.2, 0.25) is 0 Å². The largest absolute Gasteiger partial charge is 0.492 e. The molecule has 206 valence electrons. The van der Waals surface area contributed by atoms with Gasteiger partial charge in [-0.05, 0) is 72.4 Å². The predicted molar refractivity (Wildman–Crippen MR) is 157 cm³/mol. The van der Waals surface area contributed by atoms with E-state index in [1.165, 1.54) is 0 Å². The molecule has 4 rings (SSSR count). The molecule has 0 aliphatic carbocycles. The normalized spacial score (nSPS) is 13.8. The first-order valence-corrected chi connectivity index (χ1v) is 13.9. The standard InChI is InChI=1S/C32H40N4O3/c1-6-12-34-30(37)23-8-10-28(11-9-23)35-13-15-36(16-14-35)31(38)25-17-24(18-27(19-25)32(3,4)5)26-20-29(39-7-2)22-33-21-26/h8-11,17-22H,6-7,12-16H2,1-5H3,(H,34,37). The van der Waals surface area contributed by atoms with Crippen molar-refractivity contribution in [3.05, 3.63) is 77.6 Å². The summed E-state index contributed by atoms with van der Waals surface area (Å²) in [6.07, 6.45) is 4.43. The van der Waals surface area contributed by atoms with Crippen LogP contribution in [0.15, 0.2) is 60.9 Å². The number of nitrogens with one attached hydrogen (secondary N) is 1. The molecule has 3 aromatic rings. The maximum Gasteiger partial charge on any atom is 0.254 e. The Morgan fingerprint density at radius 1 is 0.897 bits per heavy atom. The number of rotatable bonds is 8. The lowest BCUT2D eigenvalue weighted by molar-refractivity contribution is 0.0746. The van der Waals surface area contributed by atoms with E-state index in [1.807, 2.05) is 67.4 Å². The van der Waals surface area contributed by atoms with Crippen LogP contribution < -0.4 is 15.0 Å². The molecule has 0 radical (unpaired) electrons. The molecule has 0 bridgehead atoms. The highest BCUT2D eigenvalue weighted by atomic mass is 16.5. The van der Waals surface area contributed by atoms with Gasteiger partial charge in [0.05, 0.1) is 12.8 Å². The van der Waals surface area contributed by atoms with Crippen molar-refractivity contribution in [2.45, 2.75) is 46.5 Å². The second-order valence-corrected chi connectivity index (χ2v) is 11.0. The summed E-state index contributed by atoms with van der Waals surface area (Å²) in [6, 6.07) is 15.8. The molecule has 0 atom stereocenters. The lowest BCUT2D eigenvalue weighted by atomic mass is 9.84. The Hall–Kier alpha value is -3.87. The lowest BCUT2D eigenvalue weighted by Gasteiger charge is -2.36. The lowest BCUT2D eigenvalue weighted by Crippen LogP contribution is -2.48. The summed E-state index contributed by atoms with van der Waals surface area (Å²) in [7, 11) is 0. The van der Waals surface area contributed by atoms with E-state index in [-0.39, 0.29) is 17.2 Å². The molecule has 1 aromatic heterocycles. The zero-order chi connectivity index (χ0) is 28.0. The van der Waals surface area contributed by atoms with Crippen LogP contribution in [0.25, 0.3) is 11.1 Å². The summed E-state index contributed by atoms with van der Waals surface area (Å²) in [5, 5.41) is 2.91. The number of anilines is 1. The summed E-state index contributed by atoms with van der Waals surface area (Å²) in [4.78, 5) is 34.5. The van der Waals surface area contributed by atoms with Crippen LogP contribution in [0.3, 0.4) is 0 Å². The van der Waals surface area contributed by atoms with E-state index in [2.05, 4.69) is 42.0 Å². The fourth-order valence-electron chi connectivity index (χ4n) is 4.69. The average molecular weight is 529 g/mol. The van der Waals surface area contributed by atoms with Crippen LogP contribution in [-0.4, -0.2) is 61.0 Å². The van der Waals surface area contributed by atoms with Crippen LogP contribution in [0, 0.1) is 0 Å². The van der Waals surface area contributed by atoms with Gasteiger partial charge in [-0.1, -0.05) is 33.8 Å². The number of amides is 2. The molecule has 1 aliphatic rings. The molecule has 2 heterocycles. The number of carbonyl (C=O) groups excluding carboxylic acids is 2. The van der Waals surface area contributed by atoms with Gasteiger partial charge in [-0.3, -0.25) is 14.6 Å². The molecule has 0 saturated carbocycles. The molecule has 0 unspecified atom stereocenters. The van der Waals surface area contributed by atoms with Gasteiger partial charge < -0.3 is 19.9 Å². The van der Waals surface area contributed by atoms with Crippen LogP contribution in [-0.2, 0) is 5.41 Å². The number of aromatic nitrogens is 1. The monoisotopic (exact) mass is 528 g/mol. The van der Waals surface area contributed by atoms with Crippen molar-refractivity contribution in [2.24, 2.45) is 0 Å². The van der Waals surface area contributed by atoms with Gasteiger partial charge in [0.15, 0.2) is 0 Å². The van der Waals surface area contributed by atoms with E-state index >= 15 is 0 Å². The van der Waals surface area contributed by atoms with Crippen molar-refractivity contribution in [3.63, 3.8) is 0 Å². The average Bonchev–Trinajstić information content (AvgIpc) is 2.95. The number of hydrogen-bond donors (Lipinski definition) is 1. The van der Waals surface area contributed by atoms with E-state index in [1.54, 1.807) is 6.20 Å². The number of benzene rings is 2. The Morgan fingerprint density at radius 3 is 2.26 bits per heavy atom. The van der Waals surface area contributed by atoms with Gasteiger partial charge in [-0.15, -0.1) is 0 Å². The van der Waals surface area contributed by atoms with E-state index in [9.17, 15) is 9.59 Å². The van der Waals surface area contributed by atoms with Gasteiger partial charge in [-0.25, -0.2) is 0 Å². The van der Waals surface area contributed by atoms with E-state index in [4.69, 9.17) is 4.74 Å². The summed E-state index contributed by atoms with van der Waals surface area (Å²) in [5.74, 6) is 0.713.